The molecular formula is C30H30FNO3S. The predicted octanol–water partition coefficient (Wildman–Crippen LogP) is 7.21. The van der Waals surface area contributed by atoms with Gasteiger partial charge < -0.3 is 9.47 Å². The van der Waals surface area contributed by atoms with Crippen LogP contribution >= 0.6 is 11.3 Å². The zero-order valence-electron chi connectivity index (χ0n) is 20.6. The largest absolute Gasteiger partial charge is 0.492 e. The van der Waals surface area contributed by atoms with E-state index in [-0.39, 0.29) is 18.4 Å². The first kappa shape index (κ1) is 24.5. The van der Waals surface area contributed by atoms with Crippen molar-refractivity contribution < 1.29 is 18.7 Å². The highest BCUT2D eigenvalue weighted by molar-refractivity contribution is 7.21. The molecule has 0 amide bonds. The Balaban J connectivity index is 1.33. The molecule has 186 valence electrons. The van der Waals surface area contributed by atoms with Crippen LogP contribution in [0.1, 0.15) is 32.8 Å². The number of halogens is 1. The van der Waals surface area contributed by atoms with Gasteiger partial charge in [-0.2, -0.15) is 0 Å². The number of fused-ring (bicyclic) bond motifs is 1. The number of thiophene rings is 1. The van der Waals surface area contributed by atoms with Crippen LogP contribution in [0, 0.1) is 19.8 Å². The van der Waals surface area contributed by atoms with Crippen LogP contribution in [-0.4, -0.2) is 43.6 Å². The summed E-state index contributed by atoms with van der Waals surface area (Å²) in [6.45, 7) is 6.85. The Morgan fingerprint density at radius 2 is 1.83 bits per heavy atom. The summed E-state index contributed by atoms with van der Waals surface area (Å²) in [5.74, 6) is 2.13. The van der Waals surface area contributed by atoms with E-state index in [1.807, 2.05) is 74.5 Å². The molecule has 1 aliphatic heterocycles. The summed E-state index contributed by atoms with van der Waals surface area (Å²) in [7, 11) is 0. The summed E-state index contributed by atoms with van der Waals surface area (Å²) < 4.78 is 26.1. The molecule has 0 spiro atoms. The minimum atomic E-state index is -0.240. The number of nitrogens with zero attached hydrogens (tertiary/aromatic N) is 1. The maximum Gasteiger partial charge on any atom is 0.207 e. The average molecular weight is 504 g/mol. The van der Waals surface area contributed by atoms with Gasteiger partial charge in [0.25, 0.3) is 0 Å². The summed E-state index contributed by atoms with van der Waals surface area (Å²) in [5, 5.41) is 0.931. The van der Waals surface area contributed by atoms with Gasteiger partial charge in [0.2, 0.25) is 5.78 Å². The number of alkyl halides is 1. The van der Waals surface area contributed by atoms with Crippen molar-refractivity contribution in [2.45, 2.75) is 20.3 Å². The third-order valence-corrected chi connectivity index (χ3v) is 7.84. The fraction of sp³-hybridized carbons (Fsp3) is 0.300. The number of rotatable bonds is 9. The first-order valence-electron chi connectivity index (χ1n) is 12.3. The summed E-state index contributed by atoms with van der Waals surface area (Å²) in [6.07, 6.45) is 0.924. The zero-order chi connectivity index (χ0) is 25.1. The molecule has 36 heavy (non-hydrogen) atoms. The second-order valence-corrected chi connectivity index (χ2v) is 10.5. The smallest absolute Gasteiger partial charge is 0.207 e. The second kappa shape index (κ2) is 10.8. The third-order valence-electron chi connectivity index (χ3n) is 6.70. The Morgan fingerprint density at radius 3 is 2.58 bits per heavy atom. The first-order valence-corrected chi connectivity index (χ1v) is 13.2. The Morgan fingerprint density at radius 1 is 1.06 bits per heavy atom. The molecule has 4 aromatic rings. The molecule has 1 aliphatic rings. The van der Waals surface area contributed by atoms with Crippen molar-refractivity contribution in [2.24, 2.45) is 5.92 Å². The Kier molecular flexibility index (Phi) is 7.35. The molecule has 2 heterocycles. The molecule has 1 aromatic heterocycles. The molecule has 4 nitrogen and oxygen atoms in total. The zero-order valence-corrected chi connectivity index (χ0v) is 21.4. The topological polar surface area (TPSA) is 38.8 Å². The molecule has 6 heteroatoms. The lowest BCUT2D eigenvalue weighted by molar-refractivity contribution is 0.104. The lowest BCUT2D eigenvalue weighted by Crippen LogP contribution is -2.26. The van der Waals surface area contributed by atoms with E-state index >= 15 is 0 Å². The number of carbonyl (C=O) groups is 1. The Labute approximate surface area is 215 Å². The molecule has 1 saturated heterocycles. The first-order chi connectivity index (χ1) is 17.5. The van der Waals surface area contributed by atoms with Gasteiger partial charge in [-0.1, -0.05) is 30.3 Å². The van der Waals surface area contributed by atoms with Gasteiger partial charge in [0.1, 0.15) is 23.0 Å². The molecule has 0 radical (unpaired) electrons. The van der Waals surface area contributed by atoms with Crippen molar-refractivity contribution in [2.75, 3.05) is 32.9 Å². The second-order valence-electron chi connectivity index (χ2n) is 9.44. The Hall–Kier alpha value is -3.22. The predicted molar refractivity (Wildman–Crippen MR) is 144 cm³/mol. The minimum Gasteiger partial charge on any atom is -0.492 e. The fourth-order valence-corrected chi connectivity index (χ4v) is 5.82. The van der Waals surface area contributed by atoms with Gasteiger partial charge in [-0.05, 0) is 74.3 Å². The number of ether oxygens (including phenoxy) is 2. The van der Waals surface area contributed by atoms with Crippen LogP contribution in [-0.2, 0) is 0 Å². The van der Waals surface area contributed by atoms with E-state index in [4.69, 9.17) is 9.47 Å². The molecule has 0 aliphatic carbocycles. The van der Waals surface area contributed by atoms with E-state index in [0.717, 1.165) is 53.0 Å². The highest BCUT2D eigenvalue weighted by Crippen LogP contribution is 2.42. The van der Waals surface area contributed by atoms with Crippen LogP contribution in [0.25, 0.3) is 10.1 Å². The van der Waals surface area contributed by atoms with Gasteiger partial charge in [-0.15, -0.1) is 11.3 Å². The lowest BCUT2D eigenvalue weighted by Gasteiger charge is -2.16. The molecule has 1 fully saturated rings. The van der Waals surface area contributed by atoms with E-state index in [9.17, 15) is 9.18 Å². The highest BCUT2D eigenvalue weighted by Gasteiger charge is 2.23. The summed E-state index contributed by atoms with van der Waals surface area (Å²) in [5.41, 5.74) is 2.77. The van der Waals surface area contributed by atoms with Crippen LogP contribution in [0.4, 0.5) is 4.39 Å². The Bertz CT molecular complexity index is 1360. The summed E-state index contributed by atoms with van der Waals surface area (Å²) in [4.78, 5) is 16.4. The quantitative estimate of drug-likeness (QED) is 0.226. The van der Waals surface area contributed by atoms with Crippen molar-refractivity contribution in [3.05, 3.63) is 88.3 Å². The van der Waals surface area contributed by atoms with Crippen LogP contribution in [0.5, 0.6) is 17.2 Å². The van der Waals surface area contributed by atoms with E-state index in [1.165, 1.54) is 11.3 Å². The van der Waals surface area contributed by atoms with Gasteiger partial charge >= 0.3 is 0 Å². The number of likely N-dealkylation sites (tertiary alicyclic amines) is 1. The summed E-state index contributed by atoms with van der Waals surface area (Å²) in [6, 6.07) is 21.3. The van der Waals surface area contributed by atoms with Crippen molar-refractivity contribution in [3.8, 4) is 17.2 Å². The van der Waals surface area contributed by atoms with Gasteiger partial charge in [0, 0.05) is 34.7 Å². The maximum atomic E-state index is 13.5. The van der Waals surface area contributed by atoms with Crippen LogP contribution in [0.3, 0.4) is 0 Å². The van der Waals surface area contributed by atoms with Crippen molar-refractivity contribution in [3.63, 3.8) is 0 Å². The average Bonchev–Trinajstić information content (AvgIpc) is 3.49. The number of benzene rings is 3. The SMILES string of the molecule is Cc1ccc2c(Oc3ccc(OCCN4CC[C@@H](CF)C4)cc3)c(C(=O)c3ccccc3C)sc2c1. The molecule has 0 bridgehead atoms. The molecule has 3 aromatic carbocycles. The summed E-state index contributed by atoms with van der Waals surface area (Å²) >= 11 is 1.47. The minimum absolute atomic E-state index is 0.0289. The molecule has 0 unspecified atom stereocenters. The van der Waals surface area contributed by atoms with Gasteiger partial charge in [0.05, 0.1) is 6.67 Å². The number of carbonyl (C=O) groups excluding carboxylic acids is 1. The van der Waals surface area contributed by atoms with Crippen LogP contribution in [0.15, 0.2) is 66.7 Å². The van der Waals surface area contributed by atoms with E-state index < -0.39 is 0 Å². The molecular weight excluding hydrogens is 473 g/mol. The molecule has 0 N–H and O–H groups in total. The molecule has 0 saturated carbocycles. The van der Waals surface area contributed by atoms with E-state index in [2.05, 4.69) is 11.0 Å². The fourth-order valence-electron chi connectivity index (χ4n) is 4.64. The standard InChI is InChI=1S/C30H30FNO3S/c1-20-7-12-26-27(17-20)36-30(28(33)25-6-4-3-5-21(25)2)29(26)35-24-10-8-23(9-11-24)34-16-15-32-14-13-22(18-31)19-32/h3-12,17,22H,13-16,18-19H2,1-2H3/t22-/m0/s1. The van der Waals surface area contributed by atoms with E-state index in [0.29, 0.717) is 28.5 Å². The monoisotopic (exact) mass is 503 g/mol. The van der Waals surface area contributed by atoms with Gasteiger partial charge in [-0.3, -0.25) is 14.1 Å². The number of aryl methyl sites for hydroxylation is 2. The maximum absolute atomic E-state index is 13.5. The normalized spacial score (nSPS) is 15.9. The molecule has 1 atom stereocenters. The van der Waals surface area contributed by atoms with Crippen LogP contribution < -0.4 is 9.47 Å². The lowest BCUT2D eigenvalue weighted by atomic mass is 10.0. The van der Waals surface area contributed by atoms with E-state index in [1.54, 1.807) is 0 Å². The molecule has 5 rings (SSSR count). The van der Waals surface area contributed by atoms with Gasteiger partial charge in [0.15, 0.2) is 5.75 Å². The van der Waals surface area contributed by atoms with Crippen LogP contribution in [0.2, 0.25) is 0 Å². The van der Waals surface area contributed by atoms with Gasteiger partial charge in [-0.25, -0.2) is 0 Å². The van der Waals surface area contributed by atoms with Crippen molar-refractivity contribution in [1.82, 2.24) is 4.90 Å². The number of hydrogen-bond donors (Lipinski definition) is 0. The third kappa shape index (κ3) is 5.30. The number of hydrogen-bond acceptors (Lipinski definition) is 5. The number of ketones is 1. The van der Waals surface area contributed by atoms with Crippen molar-refractivity contribution in [1.29, 1.82) is 0 Å². The highest BCUT2D eigenvalue weighted by atomic mass is 32.1. The van der Waals surface area contributed by atoms with Crippen molar-refractivity contribution >= 4 is 27.2 Å².